The summed E-state index contributed by atoms with van der Waals surface area (Å²) in [6.45, 7) is 0.586. The molecule has 0 aliphatic heterocycles. The lowest BCUT2D eigenvalue weighted by atomic mass is 10.2. The van der Waals surface area contributed by atoms with Gasteiger partial charge in [-0.15, -0.1) is 5.10 Å². The molecule has 2 aromatic carbocycles. The highest BCUT2D eigenvalue weighted by Gasteiger charge is 2.12. The number of methoxy groups -OCH3 is 3. The Morgan fingerprint density at radius 3 is 2.28 bits per heavy atom. The van der Waals surface area contributed by atoms with Crippen molar-refractivity contribution in [3.05, 3.63) is 66.4 Å². The maximum Gasteiger partial charge on any atom is 0.242 e. The van der Waals surface area contributed by atoms with Gasteiger partial charge in [0.15, 0.2) is 5.82 Å². The molecule has 0 aliphatic rings. The van der Waals surface area contributed by atoms with E-state index in [4.69, 9.17) is 14.2 Å². The number of nitrogens with zero attached hydrogens (tertiary/aromatic N) is 3. The molecule has 0 saturated heterocycles. The van der Waals surface area contributed by atoms with E-state index in [9.17, 15) is 0 Å². The van der Waals surface area contributed by atoms with E-state index in [2.05, 4.69) is 30.8 Å². The van der Waals surface area contributed by atoms with E-state index >= 15 is 0 Å². The number of rotatable bonds is 9. The van der Waals surface area contributed by atoms with E-state index in [1.807, 2.05) is 54.6 Å². The fourth-order valence-electron chi connectivity index (χ4n) is 3.10. The molecule has 2 heterocycles. The summed E-state index contributed by atoms with van der Waals surface area (Å²) in [7, 11) is 4.87. The molecular formula is C23H24N6O3. The number of pyridine rings is 1. The summed E-state index contributed by atoms with van der Waals surface area (Å²) in [5, 5.41) is 13.8. The van der Waals surface area contributed by atoms with Gasteiger partial charge in [0, 0.05) is 36.6 Å². The Labute approximate surface area is 185 Å². The second kappa shape index (κ2) is 9.69. The summed E-state index contributed by atoms with van der Waals surface area (Å²) in [4.78, 5) is 9.03. The normalized spacial score (nSPS) is 10.5. The highest BCUT2D eigenvalue weighted by molar-refractivity contribution is 5.75. The largest absolute Gasteiger partial charge is 0.497 e. The molecule has 4 rings (SSSR count). The molecule has 0 spiro atoms. The summed E-state index contributed by atoms with van der Waals surface area (Å²) in [6, 6.07) is 17.1. The van der Waals surface area contributed by atoms with Gasteiger partial charge in [0.1, 0.15) is 23.1 Å². The summed E-state index contributed by atoms with van der Waals surface area (Å²) >= 11 is 0. The van der Waals surface area contributed by atoms with Gasteiger partial charge in [0.25, 0.3) is 0 Å². The lowest BCUT2D eigenvalue weighted by molar-refractivity contribution is 0.395. The molecule has 0 aliphatic carbocycles. The van der Waals surface area contributed by atoms with Gasteiger partial charge in [-0.3, -0.25) is 5.10 Å². The Morgan fingerprint density at radius 1 is 0.875 bits per heavy atom. The Balaban J connectivity index is 1.51. The van der Waals surface area contributed by atoms with Crippen LogP contribution in [-0.2, 0) is 6.54 Å². The third-order valence-corrected chi connectivity index (χ3v) is 4.77. The molecule has 0 fully saturated rings. The first-order valence-electron chi connectivity index (χ1n) is 9.93. The number of aromatic amines is 1. The number of hydrogen-bond donors (Lipinski definition) is 3. The van der Waals surface area contributed by atoms with Gasteiger partial charge in [-0.05, 0) is 29.8 Å². The van der Waals surface area contributed by atoms with Crippen LogP contribution in [0.3, 0.4) is 0 Å². The molecule has 9 heteroatoms. The Kier molecular flexibility index (Phi) is 6.35. The molecule has 4 aromatic rings. The third-order valence-electron chi connectivity index (χ3n) is 4.77. The molecule has 0 saturated carbocycles. The smallest absolute Gasteiger partial charge is 0.242 e. The average Bonchev–Trinajstić information content (AvgIpc) is 3.32. The zero-order chi connectivity index (χ0) is 22.3. The van der Waals surface area contributed by atoms with Crippen LogP contribution in [0.1, 0.15) is 5.56 Å². The lowest BCUT2D eigenvalue weighted by Gasteiger charge is -2.12. The van der Waals surface area contributed by atoms with Crippen molar-refractivity contribution in [2.45, 2.75) is 6.54 Å². The van der Waals surface area contributed by atoms with Gasteiger partial charge >= 0.3 is 0 Å². The van der Waals surface area contributed by atoms with Crippen molar-refractivity contribution in [2.75, 3.05) is 32.0 Å². The molecule has 0 amide bonds. The van der Waals surface area contributed by atoms with Crippen molar-refractivity contribution in [1.29, 1.82) is 0 Å². The van der Waals surface area contributed by atoms with Crippen LogP contribution in [0.4, 0.5) is 17.5 Å². The molecule has 0 atom stereocenters. The van der Waals surface area contributed by atoms with Crippen LogP contribution >= 0.6 is 0 Å². The minimum absolute atomic E-state index is 0.494. The lowest BCUT2D eigenvalue weighted by Crippen LogP contribution is -2.01. The number of benzene rings is 2. The molecule has 9 nitrogen and oxygen atoms in total. The molecular weight excluding hydrogens is 408 g/mol. The molecule has 32 heavy (non-hydrogen) atoms. The topological polar surface area (TPSA) is 106 Å². The van der Waals surface area contributed by atoms with Crippen molar-refractivity contribution < 1.29 is 14.2 Å². The minimum atomic E-state index is 0.494. The first-order valence-corrected chi connectivity index (χ1v) is 9.93. The second-order valence-corrected chi connectivity index (χ2v) is 6.84. The molecule has 0 radical (unpaired) electrons. The molecule has 3 N–H and O–H groups in total. The van der Waals surface area contributed by atoms with Gasteiger partial charge < -0.3 is 24.8 Å². The average molecular weight is 432 g/mol. The highest BCUT2D eigenvalue weighted by Crippen LogP contribution is 2.31. The minimum Gasteiger partial charge on any atom is -0.497 e. The van der Waals surface area contributed by atoms with E-state index in [0.717, 1.165) is 22.6 Å². The van der Waals surface area contributed by atoms with Crippen LogP contribution < -0.4 is 24.8 Å². The van der Waals surface area contributed by atoms with Crippen LogP contribution in [0.25, 0.3) is 11.4 Å². The maximum atomic E-state index is 5.35. The first-order chi connectivity index (χ1) is 15.7. The van der Waals surface area contributed by atoms with E-state index in [1.165, 1.54) is 0 Å². The van der Waals surface area contributed by atoms with Gasteiger partial charge in [0.05, 0.1) is 26.9 Å². The van der Waals surface area contributed by atoms with Crippen molar-refractivity contribution in [1.82, 2.24) is 20.2 Å². The number of anilines is 3. The van der Waals surface area contributed by atoms with Crippen molar-refractivity contribution in [2.24, 2.45) is 0 Å². The third kappa shape index (κ3) is 4.89. The summed E-state index contributed by atoms with van der Waals surface area (Å²) in [6.07, 6.45) is 1.71. The standard InChI is InChI=1S/C23H24N6O3/c1-30-17-8-6-15(7-9-17)14-25-23-27-22(28-29-23)20-5-4-10-24-21(20)26-16-11-18(31-2)13-19(12-16)32-3/h4-13H,14H2,1-3H3,(H,24,26)(H2,25,27,28,29). The van der Waals surface area contributed by atoms with Crippen LogP contribution in [-0.4, -0.2) is 41.5 Å². The Hall–Kier alpha value is -4.27. The molecule has 2 aromatic heterocycles. The number of H-pyrrole nitrogens is 1. The van der Waals surface area contributed by atoms with E-state index in [-0.39, 0.29) is 0 Å². The van der Waals surface area contributed by atoms with E-state index in [1.54, 1.807) is 27.5 Å². The van der Waals surface area contributed by atoms with Crippen LogP contribution in [0.5, 0.6) is 17.2 Å². The van der Waals surface area contributed by atoms with E-state index in [0.29, 0.717) is 35.6 Å². The highest BCUT2D eigenvalue weighted by atomic mass is 16.5. The zero-order valence-electron chi connectivity index (χ0n) is 18.0. The van der Waals surface area contributed by atoms with Gasteiger partial charge in [0.2, 0.25) is 5.95 Å². The van der Waals surface area contributed by atoms with Crippen LogP contribution in [0.2, 0.25) is 0 Å². The van der Waals surface area contributed by atoms with Crippen molar-refractivity contribution >= 4 is 17.5 Å². The van der Waals surface area contributed by atoms with Crippen LogP contribution in [0.15, 0.2) is 60.8 Å². The molecule has 0 unspecified atom stereocenters. The zero-order valence-corrected chi connectivity index (χ0v) is 18.0. The number of ether oxygens (including phenoxy) is 3. The van der Waals surface area contributed by atoms with Gasteiger partial charge in [-0.25, -0.2) is 4.98 Å². The number of hydrogen-bond acceptors (Lipinski definition) is 8. The quantitative estimate of drug-likeness (QED) is 0.360. The second-order valence-electron chi connectivity index (χ2n) is 6.84. The Morgan fingerprint density at radius 2 is 1.59 bits per heavy atom. The van der Waals surface area contributed by atoms with Crippen LogP contribution in [0, 0.1) is 0 Å². The monoisotopic (exact) mass is 432 g/mol. The van der Waals surface area contributed by atoms with Crippen molar-refractivity contribution in [3.63, 3.8) is 0 Å². The van der Waals surface area contributed by atoms with Crippen molar-refractivity contribution in [3.8, 4) is 28.6 Å². The number of nitrogens with one attached hydrogen (secondary N) is 3. The summed E-state index contributed by atoms with van der Waals surface area (Å²) in [5.74, 6) is 3.88. The summed E-state index contributed by atoms with van der Waals surface area (Å²) in [5.41, 5.74) is 2.64. The first kappa shape index (κ1) is 21.0. The molecule has 164 valence electrons. The maximum absolute atomic E-state index is 5.35. The van der Waals surface area contributed by atoms with Gasteiger partial charge in [-0.2, -0.15) is 4.98 Å². The van der Waals surface area contributed by atoms with E-state index < -0.39 is 0 Å². The fourth-order valence-corrected chi connectivity index (χ4v) is 3.10. The fraction of sp³-hybridized carbons (Fsp3) is 0.174. The predicted molar refractivity (Wildman–Crippen MR) is 123 cm³/mol. The van der Waals surface area contributed by atoms with Gasteiger partial charge in [-0.1, -0.05) is 12.1 Å². The summed E-state index contributed by atoms with van der Waals surface area (Å²) < 4.78 is 15.9. The SMILES string of the molecule is COc1ccc(CNc2n[nH]c(-c3cccnc3Nc3cc(OC)cc(OC)c3)n2)cc1. The molecule has 0 bridgehead atoms. The number of aromatic nitrogens is 4. The Bertz CT molecular complexity index is 1150. The predicted octanol–water partition coefficient (Wildman–Crippen LogP) is 4.25.